The molecule has 2 heteroatoms. The minimum atomic E-state index is 0.297. The molecule has 11 heavy (non-hydrogen) atoms. The summed E-state index contributed by atoms with van der Waals surface area (Å²) in [7, 11) is 1.92. The first-order valence-corrected chi connectivity index (χ1v) is 4.41. The molecule has 0 radical (unpaired) electrons. The van der Waals surface area contributed by atoms with Gasteiger partial charge in [-0.15, -0.1) is 0 Å². The Balaban J connectivity index is 0. The SMILES string of the molecule is CC.CNCCCCC(C)=O. The predicted molar refractivity (Wildman–Crippen MR) is 49.8 cm³/mol. The number of nitrogens with one attached hydrogen (secondary N) is 1. The molecule has 0 spiro atoms. The molecule has 0 aromatic rings. The number of hydrogen-bond donors (Lipinski definition) is 1. The Morgan fingerprint density at radius 2 is 1.82 bits per heavy atom. The second-order valence-electron chi connectivity index (χ2n) is 2.26. The van der Waals surface area contributed by atoms with Crippen LogP contribution in [-0.4, -0.2) is 19.4 Å². The van der Waals surface area contributed by atoms with Crippen LogP contribution in [-0.2, 0) is 4.79 Å². The molecule has 0 aliphatic rings. The van der Waals surface area contributed by atoms with E-state index in [2.05, 4.69) is 5.32 Å². The van der Waals surface area contributed by atoms with Gasteiger partial charge in [0, 0.05) is 6.42 Å². The van der Waals surface area contributed by atoms with Gasteiger partial charge in [0.2, 0.25) is 0 Å². The maximum Gasteiger partial charge on any atom is 0.129 e. The molecule has 68 valence electrons. The van der Waals surface area contributed by atoms with Crippen LogP contribution in [0.2, 0.25) is 0 Å². The van der Waals surface area contributed by atoms with Gasteiger partial charge in [0.1, 0.15) is 5.78 Å². The minimum Gasteiger partial charge on any atom is -0.320 e. The summed E-state index contributed by atoms with van der Waals surface area (Å²) in [4.78, 5) is 10.4. The van der Waals surface area contributed by atoms with Crippen molar-refractivity contribution in [2.45, 2.75) is 40.0 Å². The normalized spacial score (nSPS) is 8.36. The lowest BCUT2D eigenvalue weighted by molar-refractivity contribution is -0.117. The fourth-order valence-electron chi connectivity index (χ4n) is 0.676. The van der Waals surface area contributed by atoms with Crippen LogP contribution in [0.1, 0.15) is 40.0 Å². The van der Waals surface area contributed by atoms with E-state index in [-0.39, 0.29) is 0 Å². The van der Waals surface area contributed by atoms with Crippen molar-refractivity contribution in [3.05, 3.63) is 0 Å². The van der Waals surface area contributed by atoms with Crippen molar-refractivity contribution in [2.24, 2.45) is 0 Å². The molecule has 0 bridgehead atoms. The average molecular weight is 159 g/mol. The van der Waals surface area contributed by atoms with Crippen molar-refractivity contribution in [1.29, 1.82) is 0 Å². The van der Waals surface area contributed by atoms with Crippen LogP contribution < -0.4 is 5.32 Å². The molecule has 0 saturated carbocycles. The van der Waals surface area contributed by atoms with Crippen molar-refractivity contribution in [1.82, 2.24) is 5.32 Å². The van der Waals surface area contributed by atoms with Crippen molar-refractivity contribution < 1.29 is 4.79 Å². The van der Waals surface area contributed by atoms with Crippen LogP contribution in [0.4, 0.5) is 0 Å². The largest absolute Gasteiger partial charge is 0.320 e. The van der Waals surface area contributed by atoms with E-state index in [4.69, 9.17) is 0 Å². The molecule has 0 rings (SSSR count). The van der Waals surface area contributed by atoms with E-state index in [1.54, 1.807) is 6.92 Å². The number of carbonyl (C=O) groups is 1. The first-order valence-electron chi connectivity index (χ1n) is 4.41. The molecule has 0 atom stereocenters. The summed E-state index contributed by atoms with van der Waals surface area (Å²) >= 11 is 0. The Hall–Kier alpha value is -0.370. The van der Waals surface area contributed by atoms with Crippen LogP contribution in [0, 0.1) is 0 Å². The summed E-state index contributed by atoms with van der Waals surface area (Å²) in [5.74, 6) is 0.297. The lowest BCUT2D eigenvalue weighted by Crippen LogP contribution is -2.07. The van der Waals surface area contributed by atoms with E-state index < -0.39 is 0 Å². The lowest BCUT2D eigenvalue weighted by atomic mass is 10.2. The number of Topliss-reactive ketones (excluding diaryl/α,β-unsaturated/α-hetero) is 1. The van der Waals surface area contributed by atoms with Crippen LogP contribution in [0.5, 0.6) is 0 Å². The lowest BCUT2D eigenvalue weighted by Gasteiger charge is -1.95. The van der Waals surface area contributed by atoms with Gasteiger partial charge in [0.25, 0.3) is 0 Å². The van der Waals surface area contributed by atoms with E-state index in [1.165, 1.54) is 0 Å². The van der Waals surface area contributed by atoms with Gasteiger partial charge in [0.15, 0.2) is 0 Å². The van der Waals surface area contributed by atoms with Crippen LogP contribution in [0.15, 0.2) is 0 Å². The topological polar surface area (TPSA) is 29.1 Å². The van der Waals surface area contributed by atoms with Crippen molar-refractivity contribution in [2.75, 3.05) is 13.6 Å². The molecule has 2 nitrogen and oxygen atoms in total. The highest BCUT2D eigenvalue weighted by Gasteiger charge is 1.90. The van der Waals surface area contributed by atoms with E-state index in [1.807, 2.05) is 20.9 Å². The first-order chi connectivity index (χ1) is 5.27. The predicted octanol–water partition coefficient (Wildman–Crippen LogP) is 1.99. The zero-order chi connectivity index (χ0) is 9.11. The fourth-order valence-corrected chi connectivity index (χ4v) is 0.676. The molecular formula is C9H21NO. The molecular weight excluding hydrogens is 138 g/mol. The Kier molecular flexibility index (Phi) is 14.8. The fraction of sp³-hybridized carbons (Fsp3) is 0.889. The number of ketones is 1. The highest BCUT2D eigenvalue weighted by Crippen LogP contribution is 1.93. The maximum atomic E-state index is 10.4. The molecule has 0 aromatic heterocycles. The van der Waals surface area contributed by atoms with Crippen molar-refractivity contribution >= 4 is 5.78 Å². The highest BCUT2D eigenvalue weighted by atomic mass is 16.1. The minimum absolute atomic E-state index is 0.297. The molecule has 0 saturated heterocycles. The van der Waals surface area contributed by atoms with Gasteiger partial charge >= 0.3 is 0 Å². The van der Waals surface area contributed by atoms with Gasteiger partial charge in [-0.25, -0.2) is 0 Å². The maximum absolute atomic E-state index is 10.4. The summed E-state index contributed by atoms with van der Waals surface area (Å²) in [5, 5.41) is 3.03. The smallest absolute Gasteiger partial charge is 0.129 e. The first kappa shape index (κ1) is 13.2. The molecule has 0 heterocycles. The molecule has 0 aromatic carbocycles. The van der Waals surface area contributed by atoms with Gasteiger partial charge in [-0.1, -0.05) is 13.8 Å². The summed E-state index contributed by atoms with van der Waals surface area (Å²) in [5.41, 5.74) is 0. The van der Waals surface area contributed by atoms with Crippen LogP contribution >= 0.6 is 0 Å². The number of rotatable bonds is 5. The second-order valence-corrected chi connectivity index (χ2v) is 2.26. The van der Waals surface area contributed by atoms with Crippen molar-refractivity contribution in [3.63, 3.8) is 0 Å². The zero-order valence-corrected chi connectivity index (χ0v) is 8.24. The molecule has 0 amide bonds. The molecule has 0 fully saturated rings. The Morgan fingerprint density at radius 1 is 1.27 bits per heavy atom. The van der Waals surface area contributed by atoms with Crippen molar-refractivity contribution in [3.8, 4) is 0 Å². The van der Waals surface area contributed by atoms with Gasteiger partial charge in [-0.2, -0.15) is 0 Å². The third kappa shape index (κ3) is 17.7. The van der Waals surface area contributed by atoms with Gasteiger partial charge in [0.05, 0.1) is 0 Å². The molecule has 0 aliphatic carbocycles. The Labute approximate surface area is 70.4 Å². The quantitative estimate of drug-likeness (QED) is 0.622. The Morgan fingerprint density at radius 3 is 2.18 bits per heavy atom. The Bertz CT molecular complexity index is 81.6. The van der Waals surface area contributed by atoms with Gasteiger partial charge < -0.3 is 10.1 Å². The number of hydrogen-bond acceptors (Lipinski definition) is 2. The van der Waals surface area contributed by atoms with E-state index in [0.29, 0.717) is 5.78 Å². The third-order valence-electron chi connectivity index (χ3n) is 1.21. The molecule has 0 unspecified atom stereocenters. The molecule has 1 N–H and O–H groups in total. The van der Waals surface area contributed by atoms with Gasteiger partial charge in [-0.05, 0) is 33.4 Å². The summed E-state index contributed by atoms with van der Waals surface area (Å²) in [6.07, 6.45) is 2.87. The monoisotopic (exact) mass is 159 g/mol. The third-order valence-corrected chi connectivity index (χ3v) is 1.21. The van der Waals surface area contributed by atoms with E-state index >= 15 is 0 Å². The summed E-state index contributed by atoms with van der Waals surface area (Å²) in [6.45, 7) is 6.66. The number of carbonyl (C=O) groups excluding carboxylic acids is 1. The number of unbranched alkanes of at least 4 members (excludes halogenated alkanes) is 1. The van der Waals surface area contributed by atoms with E-state index in [0.717, 1.165) is 25.8 Å². The summed E-state index contributed by atoms with van der Waals surface area (Å²) < 4.78 is 0. The highest BCUT2D eigenvalue weighted by molar-refractivity contribution is 5.75. The zero-order valence-electron chi connectivity index (χ0n) is 8.24. The van der Waals surface area contributed by atoms with Crippen LogP contribution in [0.3, 0.4) is 0 Å². The standard InChI is InChI=1S/C7H15NO.C2H6/c1-7(9)5-3-4-6-8-2;1-2/h8H,3-6H2,1-2H3;1-2H3. The molecule has 0 aliphatic heterocycles. The van der Waals surface area contributed by atoms with E-state index in [9.17, 15) is 4.79 Å². The summed E-state index contributed by atoms with van der Waals surface area (Å²) in [6, 6.07) is 0. The second kappa shape index (κ2) is 12.3. The average Bonchev–Trinajstić information content (AvgIpc) is 2.02. The van der Waals surface area contributed by atoms with Gasteiger partial charge in [-0.3, -0.25) is 0 Å². The van der Waals surface area contributed by atoms with Crippen LogP contribution in [0.25, 0.3) is 0 Å².